The maximum atomic E-state index is 13.1. The van der Waals surface area contributed by atoms with Crippen LogP contribution in [0.1, 0.15) is 74.3 Å². The van der Waals surface area contributed by atoms with Gasteiger partial charge in [-0.1, -0.05) is 41.5 Å². The Morgan fingerprint density at radius 1 is 0.889 bits per heavy atom. The molecule has 6 heteroatoms. The van der Waals surface area contributed by atoms with Crippen LogP contribution in [0.2, 0.25) is 0 Å². The van der Waals surface area contributed by atoms with Crippen molar-refractivity contribution in [1.29, 1.82) is 0 Å². The number of phenolic OH excluding ortho intramolecular Hbond substituents is 1. The molecule has 1 aromatic heterocycles. The lowest BCUT2D eigenvalue weighted by atomic mass is 9.78. The normalized spacial score (nSPS) is 13.1. The van der Waals surface area contributed by atoms with Gasteiger partial charge in [0.25, 0.3) is 0 Å². The summed E-state index contributed by atoms with van der Waals surface area (Å²) >= 11 is 0. The molecule has 0 aliphatic heterocycles. The summed E-state index contributed by atoms with van der Waals surface area (Å²) in [6.45, 7) is 11.5. The molecule has 3 nitrogen and oxygen atoms in total. The standard InChI is InChI=1S/C21H26F3NO2/c1-19(2,3)14-8-12(9-15(18(14)27)20(4,5)6)17(26)13-10-16(21(22,23)24)25(7)11-13/h8-11,27H,1-7H3. The largest absolute Gasteiger partial charge is 0.507 e. The lowest BCUT2D eigenvalue weighted by Crippen LogP contribution is -2.19. The van der Waals surface area contributed by atoms with Gasteiger partial charge < -0.3 is 9.67 Å². The molecule has 0 aliphatic carbocycles. The molecule has 0 atom stereocenters. The molecule has 1 aromatic carbocycles. The van der Waals surface area contributed by atoms with Crippen LogP contribution in [0.3, 0.4) is 0 Å². The fraction of sp³-hybridized carbons (Fsp3) is 0.476. The molecule has 0 bridgehead atoms. The molecule has 27 heavy (non-hydrogen) atoms. The molecule has 0 unspecified atom stereocenters. The van der Waals surface area contributed by atoms with Gasteiger partial charge in [-0.05, 0) is 29.0 Å². The van der Waals surface area contributed by atoms with Crippen LogP contribution in [0.5, 0.6) is 5.75 Å². The third-order valence-electron chi connectivity index (χ3n) is 4.55. The molecule has 1 N–H and O–H groups in total. The summed E-state index contributed by atoms with van der Waals surface area (Å²) in [7, 11) is 1.26. The Morgan fingerprint density at radius 2 is 1.33 bits per heavy atom. The highest BCUT2D eigenvalue weighted by atomic mass is 19.4. The molecule has 148 valence electrons. The summed E-state index contributed by atoms with van der Waals surface area (Å²) in [6.07, 6.45) is -3.35. The highest BCUT2D eigenvalue weighted by molar-refractivity contribution is 6.09. The average Bonchev–Trinajstić information content (AvgIpc) is 2.86. The number of nitrogens with zero attached hydrogens (tertiary/aromatic N) is 1. The van der Waals surface area contributed by atoms with Crippen molar-refractivity contribution < 1.29 is 23.1 Å². The fourth-order valence-corrected chi connectivity index (χ4v) is 3.05. The van der Waals surface area contributed by atoms with Crippen molar-refractivity contribution in [2.24, 2.45) is 7.05 Å². The van der Waals surface area contributed by atoms with E-state index < -0.39 is 28.5 Å². The molecule has 0 fully saturated rings. The molecule has 0 aliphatic rings. The van der Waals surface area contributed by atoms with Gasteiger partial charge in [0.2, 0.25) is 0 Å². The van der Waals surface area contributed by atoms with E-state index in [1.54, 1.807) is 12.1 Å². The first-order valence-electron chi connectivity index (χ1n) is 8.69. The van der Waals surface area contributed by atoms with Crippen molar-refractivity contribution in [2.75, 3.05) is 0 Å². The molecule has 0 radical (unpaired) electrons. The highest BCUT2D eigenvalue weighted by Gasteiger charge is 2.35. The van der Waals surface area contributed by atoms with Crippen LogP contribution in [0.15, 0.2) is 24.4 Å². The topological polar surface area (TPSA) is 42.2 Å². The van der Waals surface area contributed by atoms with E-state index in [1.165, 1.54) is 13.2 Å². The molecule has 0 saturated carbocycles. The SMILES string of the molecule is Cn1cc(C(=O)c2cc(C(C)(C)C)c(O)c(C(C)(C)C)c2)cc1C(F)(F)F. The third-order valence-corrected chi connectivity index (χ3v) is 4.55. The number of rotatable bonds is 2. The summed E-state index contributed by atoms with van der Waals surface area (Å²) in [5.74, 6) is -0.382. The van der Waals surface area contributed by atoms with Crippen LogP contribution in [-0.4, -0.2) is 15.5 Å². The van der Waals surface area contributed by atoms with Gasteiger partial charge in [-0.3, -0.25) is 4.79 Å². The lowest BCUT2D eigenvalue weighted by Gasteiger charge is -2.28. The van der Waals surface area contributed by atoms with Crippen molar-refractivity contribution in [3.05, 3.63) is 52.3 Å². The number of carbonyl (C=O) groups excluding carboxylic acids is 1. The van der Waals surface area contributed by atoms with Gasteiger partial charge in [0.05, 0.1) is 0 Å². The third kappa shape index (κ3) is 4.20. The van der Waals surface area contributed by atoms with Crippen LogP contribution in [-0.2, 0) is 24.1 Å². The number of aromatic hydroxyl groups is 1. The van der Waals surface area contributed by atoms with Gasteiger partial charge in [0, 0.05) is 35.5 Å². The van der Waals surface area contributed by atoms with Crippen LogP contribution < -0.4 is 0 Å². The minimum Gasteiger partial charge on any atom is -0.507 e. The first kappa shape index (κ1) is 21.1. The van der Waals surface area contributed by atoms with E-state index in [-0.39, 0.29) is 16.9 Å². The molecule has 0 spiro atoms. The van der Waals surface area contributed by atoms with Crippen LogP contribution in [0, 0.1) is 0 Å². The minimum atomic E-state index is -4.53. The van der Waals surface area contributed by atoms with E-state index in [9.17, 15) is 23.1 Å². The Bertz CT molecular complexity index is 843. The van der Waals surface area contributed by atoms with Crippen molar-refractivity contribution in [2.45, 2.75) is 58.5 Å². The summed E-state index contributed by atoms with van der Waals surface area (Å²) < 4.78 is 40.1. The maximum Gasteiger partial charge on any atom is 0.431 e. The predicted molar refractivity (Wildman–Crippen MR) is 99.4 cm³/mol. The van der Waals surface area contributed by atoms with Gasteiger partial charge in [-0.2, -0.15) is 13.2 Å². The number of alkyl halides is 3. The summed E-state index contributed by atoms with van der Waals surface area (Å²) in [5, 5.41) is 10.7. The van der Waals surface area contributed by atoms with E-state index in [4.69, 9.17) is 0 Å². The quantitative estimate of drug-likeness (QED) is 0.691. The molecule has 0 amide bonds. The minimum absolute atomic E-state index is 0.0322. The molecular formula is C21H26F3NO2. The second kappa shape index (κ2) is 6.43. The number of ketones is 1. The molecule has 2 rings (SSSR count). The van der Waals surface area contributed by atoms with Gasteiger partial charge in [-0.15, -0.1) is 0 Å². The Balaban J connectivity index is 2.67. The smallest absolute Gasteiger partial charge is 0.431 e. The number of aryl methyl sites for hydroxylation is 1. The number of carbonyl (C=O) groups is 1. The van der Waals surface area contributed by atoms with Crippen LogP contribution >= 0.6 is 0 Å². The lowest BCUT2D eigenvalue weighted by molar-refractivity contribution is -0.143. The zero-order chi connectivity index (χ0) is 20.9. The number of halogens is 3. The average molecular weight is 381 g/mol. The monoisotopic (exact) mass is 381 g/mol. The number of hydrogen-bond acceptors (Lipinski definition) is 2. The fourth-order valence-electron chi connectivity index (χ4n) is 3.05. The zero-order valence-corrected chi connectivity index (χ0v) is 16.7. The highest BCUT2D eigenvalue weighted by Crippen LogP contribution is 2.40. The number of aromatic nitrogens is 1. The van der Waals surface area contributed by atoms with Crippen molar-refractivity contribution in [3.8, 4) is 5.75 Å². The van der Waals surface area contributed by atoms with Gasteiger partial charge in [-0.25, -0.2) is 0 Å². The molecule has 0 saturated heterocycles. The Morgan fingerprint density at radius 3 is 1.67 bits per heavy atom. The van der Waals surface area contributed by atoms with E-state index in [1.807, 2.05) is 41.5 Å². The van der Waals surface area contributed by atoms with E-state index >= 15 is 0 Å². The Kier molecular flexibility index (Phi) is 5.01. The molecule has 2 aromatic rings. The zero-order valence-electron chi connectivity index (χ0n) is 16.7. The van der Waals surface area contributed by atoms with Gasteiger partial charge in [0.1, 0.15) is 11.4 Å². The number of phenols is 1. The number of benzene rings is 1. The molecule has 1 heterocycles. The Hall–Kier alpha value is -2.24. The van der Waals surface area contributed by atoms with Crippen molar-refractivity contribution in [3.63, 3.8) is 0 Å². The first-order valence-corrected chi connectivity index (χ1v) is 8.69. The second-order valence-electron chi connectivity index (χ2n) is 8.97. The maximum absolute atomic E-state index is 13.1. The van der Waals surface area contributed by atoms with Crippen LogP contribution in [0.4, 0.5) is 13.2 Å². The van der Waals surface area contributed by atoms with E-state index in [0.717, 1.165) is 10.6 Å². The summed E-state index contributed by atoms with van der Waals surface area (Å²) in [6, 6.07) is 4.02. The number of hydrogen-bond donors (Lipinski definition) is 1. The van der Waals surface area contributed by atoms with Gasteiger partial charge in [0.15, 0.2) is 5.78 Å². The summed E-state index contributed by atoms with van der Waals surface area (Å²) in [5.41, 5.74) is -0.341. The van der Waals surface area contributed by atoms with Crippen molar-refractivity contribution >= 4 is 5.78 Å². The molecular weight excluding hydrogens is 355 g/mol. The second-order valence-corrected chi connectivity index (χ2v) is 8.97. The van der Waals surface area contributed by atoms with Crippen LogP contribution in [0.25, 0.3) is 0 Å². The Labute approximate surface area is 157 Å². The van der Waals surface area contributed by atoms with E-state index in [0.29, 0.717) is 11.1 Å². The van der Waals surface area contributed by atoms with E-state index in [2.05, 4.69) is 0 Å². The summed E-state index contributed by atoms with van der Waals surface area (Å²) in [4.78, 5) is 12.9. The predicted octanol–water partition coefficient (Wildman–Crippen LogP) is 5.58. The van der Waals surface area contributed by atoms with Gasteiger partial charge >= 0.3 is 6.18 Å². The first-order chi connectivity index (χ1) is 12.0. The van der Waals surface area contributed by atoms with Crippen molar-refractivity contribution in [1.82, 2.24) is 4.57 Å².